The van der Waals surface area contributed by atoms with Gasteiger partial charge >= 0.3 is 0 Å². The summed E-state index contributed by atoms with van der Waals surface area (Å²) in [5, 5.41) is 6.71. The van der Waals surface area contributed by atoms with Crippen molar-refractivity contribution in [2.24, 2.45) is 0 Å². The van der Waals surface area contributed by atoms with Crippen molar-refractivity contribution in [1.29, 1.82) is 0 Å². The quantitative estimate of drug-likeness (QED) is 0.664. The summed E-state index contributed by atoms with van der Waals surface area (Å²) in [7, 11) is 0. The highest BCUT2D eigenvalue weighted by molar-refractivity contribution is 6.30. The van der Waals surface area contributed by atoms with E-state index in [-0.39, 0.29) is 36.9 Å². The van der Waals surface area contributed by atoms with E-state index in [1.165, 1.54) is 0 Å². The molecule has 0 spiro atoms. The fourth-order valence-corrected chi connectivity index (χ4v) is 2.40. The van der Waals surface area contributed by atoms with Gasteiger partial charge in [0.2, 0.25) is 5.91 Å². The number of halogens is 2. The lowest BCUT2D eigenvalue weighted by molar-refractivity contribution is -0.116. The van der Waals surface area contributed by atoms with E-state index in [1.807, 2.05) is 31.2 Å². The van der Waals surface area contributed by atoms with Crippen LogP contribution in [0.5, 0.6) is 0 Å². The predicted molar refractivity (Wildman–Crippen MR) is 105 cm³/mol. The Kier molecular flexibility index (Phi) is 9.21. The summed E-state index contributed by atoms with van der Waals surface area (Å²) in [5.41, 5.74) is 2.37. The van der Waals surface area contributed by atoms with E-state index in [0.29, 0.717) is 17.1 Å². The summed E-state index contributed by atoms with van der Waals surface area (Å²) < 4.78 is 0. The number of Topliss-reactive ketones (excluding diaryl/α,β-unsaturated/α-hetero) is 1. The number of rotatable bonds is 8. The maximum Gasteiger partial charge on any atom is 0.224 e. The third kappa shape index (κ3) is 6.86. The number of carbonyl (C=O) groups is 2. The molecule has 0 unspecified atom stereocenters. The number of anilines is 1. The van der Waals surface area contributed by atoms with Crippen molar-refractivity contribution in [3.63, 3.8) is 0 Å². The zero-order valence-corrected chi connectivity index (χ0v) is 15.6. The molecule has 0 saturated carbocycles. The number of para-hydroxylation sites is 1. The van der Waals surface area contributed by atoms with Gasteiger partial charge in [-0.05, 0) is 42.4 Å². The number of hydrogen-bond acceptors (Lipinski definition) is 3. The first kappa shape index (κ1) is 21.2. The molecule has 2 rings (SSSR count). The minimum absolute atomic E-state index is 0. The first-order valence-electron chi connectivity index (χ1n) is 7.97. The van der Waals surface area contributed by atoms with Crippen molar-refractivity contribution >= 4 is 41.4 Å². The van der Waals surface area contributed by atoms with Crippen LogP contribution >= 0.6 is 24.0 Å². The van der Waals surface area contributed by atoms with Gasteiger partial charge in [-0.3, -0.25) is 9.59 Å². The van der Waals surface area contributed by atoms with E-state index in [9.17, 15) is 9.59 Å². The van der Waals surface area contributed by atoms with Crippen LogP contribution in [0.1, 0.15) is 35.7 Å². The monoisotopic (exact) mass is 380 g/mol. The minimum atomic E-state index is -0.165. The number of amides is 1. The Bertz CT molecular complexity index is 703. The standard InChI is InChI=1S/C19H21ClN2O2.ClH/c1-2-21-13-15-5-3-4-6-17(15)22-19(24)12-11-18(23)14-7-9-16(20)10-8-14;/h3-10,21H,2,11-13H2,1H3,(H,22,24);1H. The Morgan fingerprint density at radius 2 is 1.68 bits per heavy atom. The zero-order valence-electron chi connectivity index (χ0n) is 14.0. The molecule has 0 aliphatic heterocycles. The normalized spacial score (nSPS) is 10.0. The third-order valence-corrected chi connectivity index (χ3v) is 3.85. The molecule has 0 aromatic heterocycles. The minimum Gasteiger partial charge on any atom is -0.326 e. The van der Waals surface area contributed by atoms with Gasteiger partial charge in [0.1, 0.15) is 0 Å². The smallest absolute Gasteiger partial charge is 0.224 e. The molecule has 6 heteroatoms. The average Bonchev–Trinajstić information content (AvgIpc) is 2.59. The van der Waals surface area contributed by atoms with Crippen molar-refractivity contribution < 1.29 is 9.59 Å². The molecule has 0 bridgehead atoms. The van der Waals surface area contributed by atoms with E-state index < -0.39 is 0 Å². The van der Waals surface area contributed by atoms with Crippen molar-refractivity contribution in [1.82, 2.24) is 5.32 Å². The van der Waals surface area contributed by atoms with Crippen LogP contribution in [-0.2, 0) is 11.3 Å². The number of nitrogens with one attached hydrogen (secondary N) is 2. The van der Waals surface area contributed by atoms with Gasteiger partial charge < -0.3 is 10.6 Å². The molecular weight excluding hydrogens is 359 g/mol. The van der Waals surface area contributed by atoms with Crippen molar-refractivity contribution in [3.05, 3.63) is 64.7 Å². The van der Waals surface area contributed by atoms with Crippen molar-refractivity contribution in [3.8, 4) is 0 Å². The number of ketones is 1. The summed E-state index contributed by atoms with van der Waals surface area (Å²) in [6.07, 6.45) is 0.319. The highest BCUT2D eigenvalue weighted by Gasteiger charge is 2.11. The molecule has 4 nitrogen and oxygen atoms in total. The summed E-state index contributed by atoms with van der Waals surface area (Å²) in [6, 6.07) is 14.3. The van der Waals surface area contributed by atoms with Gasteiger partial charge in [0.05, 0.1) is 0 Å². The van der Waals surface area contributed by atoms with Gasteiger partial charge in [0.15, 0.2) is 5.78 Å². The summed E-state index contributed by atoms with van der Waals surface area (Å²) >= 11 is 5.80. The number of benzene rings is 2. The first-order chi connectivity index (χ1) is 11.6. The third-order valence-electron chi connectivity index (χ3n) is 3.60. The largest absolute Gasteiger partial charge is 0.326 e. The van der Waals surface area contributed by atoms with Gasteiger partial charge in [-0.15, -0.1) is 12.4 Å². The fourth-order valence-electron chi connectivity index (χ4n) is 2.28. The van der Waals surface area contributed by atoms with Crippen LogP contribution in [-0.4, -0.2) is 18.2 Å². The van der Waals surface area contributed by atoms with Crippen LogP contribution in [0.15, 0.2) is 48.5 Å². The molecule has 1 amide bonds. The van der Waals surface area contributed by atoms with Gasteiger partial charge in [-0.1, -0.05) is 36.7 Å². The van der Waals surface area contributed by atoms with Crippen LogP contribution in [0.2, 0.25) is 5.02 Å². The van der Waals surface area contributed by atoms with Crippen LogP contribution in [0.25, 0.3) is 0 Å². The molecule has 2 aromatic carbocycles. The molecule has 0 aliphatic carbocycles. The second kappa shape index (κ2) is 10.9. The lowest BCUT2D eigenvalue weighted by Crippen LogP contribution is -2.17. The SMILES string of the molecule is CCNCc1ccccc1NC(=O)CCC(=O)c1ccc(Cl)cc1.Cl. The molecule has 25 heavy (non-hydrogen) atoms. The molecule has 0 atom stereocenters. The van der Waals surface area contributed by atoms with Crippen LogP contribution < -0.4 is 10.6 Å². The van der Waals surface area contributed by atoms with Gasteiger partial charge in [-0.25, -0.2) is 0 Å². The van der Waals surface area contributed by atoms with E-state index in [4.69, 9.17) is 11.6 Å². The topological polar surface area (TPSA) is 58.2 Å². The molecule has 2 N–H and O–H groups in total. The zero-order chi connectivity index (χ0) is 17.4. The second-order valence-corrected chi connectivity index (χ2v) is 5.85. The highest BCUT2D eigenvalue weighted by Crippen LogP contribution is 2.16. The Morgan fingerprint density at radius 3 is 2.36 bits per heavy atom. The van der Waals surface area contributed by atoms with Crippen molar-refractivity contribution in [2.45, 2.75) is 26.3 Å². The van der Waals surface area contributed by atoms with Gasteiger partial charge in [0.25, 0.3) is 0 Å². The average molecular weight is 381 g/mol. The fraction of sp³-hybridized carbons (Fsp3) is 0.263. The molecular formula is C19H22Cl2N2O2. The van der Waals surface area contributed by atoms with Crippen molar-refractivity contribution in [2.75, 3.05) is 11.9 Å². The molecule has 0 radical (unpaired) electrons. The Balaban J connectivity index is 0.00000312. The van der Waals surface area contributed by atoms with Crippen LogP contribution in [0.3, 0.4) is 0 Å². The van der Waals surface area contributed by atoms with Crippen LogP contribution in [0, 0.1) is 0 Å². The second-order valence-electron chi connectivity index (χ2n) is 5.42. The van der Waals surface area contributed by atoms with Crippen LogP contribution in [0.4, 0.5) is 5.69 Å². The highest BCUT2D eigenvalue weighted by atomic mass is 35.5. The van der Waals surface area contributed by atoms with E-state index in [2.05, 4.69) is 10.6 Å². The summed E-state index contributed by atoms with van der Waals surface area (Å²) in [6.45, 7) is 3.58. The number of hydrogen-bond donors (Lipinski definition) is 2. The molecule has 0 aliphatic rings. The molecule has 0 saturated heterocycles. The molecule has 134 valence electrons. The Hall–Kier alpha value is -1.88. The lowest BCUT2D eigenvalue weighted by Gasteiger charge is -2.11. The molecule has 0 fully saturated rings. The maximum atomic E-state index is 12.1. The maximum absolute atomic E-state index is 12.1. The Labute approximate surface area is 159 Å². The molecule has 0 heterocycles. The first-order valence-corrected chi connectivity index (χ1v) is 8.35. The van der Waals surface area contributed by atoms with E-state index in [0.717, 1.165) is 17.8 Å². The predicted octanol–water partition coefficient (Wildman–Crippen LogP) is 4.47. The summed E-state index contributed by atoms with van der Waals surface area (Å²) in [5.74, 6) is -0.232. The summed E-state index contributed by atoms with van der Waals surface area (Å²) in [4.78, 5) is 24.2. The Morgan fingerprint density at radius 1 is 1.00 bits per heavy atom. The molecule has 2 aromatic rings. The van der Waals surface area contributed by atoms with E-state index >= 15 is 0 Å². The lowest BCUT2D eigenvalue weighted by atomic mass is 10.1. The van der Waals surface area contributed by atoms with Gasteiger partial charge in [0, 0.05) is 35.7 Å². The van der Waals surface area contributed by atoms with Gasteiger partial charge in [-0.2, -0.15) is 0 Å². The number of carbonyl (C=O) groups excluding carboxylic acids is 2. The van der Waals surface area contributed by atoms with E-state index in [1.54, 1.807) is 24.3 Å².